The van der Waals surface area contributed by atoms with Crippen LogP contribution < -0.4 is 0 Å². The van der Waals surface area contributed by atoms with Crippen molar-refractivity contribution in [1.82, 2.24) is 0 Å². The maximum Gasteiger partial charge on any atom is 0.167 e. The van der Waals surface area contributed by atoms with Gasteiger partial charge < -0.3 is 0 Å². The van der Waals surface area contributed by atoms with Crippen LogP contribution in [0.2, 0.25) is 0 Å². The van der Waals surface area contributed by atoms with Crippen LogP contribution in [0.4, 0.5) is 0 Å². The molecular weight excluding hydrogens is 531 g/mol. The zero-order chi connectivity index (χ0) is 8.58. The monoisotopic (exact) mass is 527 g/mol. The van der Waals surface area contributed by atoms with Crippen molar-refractivity contribution in [1.29, 1.82) is 0 Å². The van der Waals surface area contributed by atoms with E-state index in [1.54, 1.807) is 0 Å². The normalized spacial score (nSPS) is 14.4. The van der Waals surface area contributed by atoms with Gasteiger partial charge in [0.15, 0.2) is 10.4 Å². The van der Waals surface area contributed by atoms with Gasteiger partial charge in [-0.1, -0.05) is 95.6 Å². The molecule has 0 atom stereocenters. The first-order chi connectivity index (χ1) is 4.15. The minimum absolute atomic E-state index is 0.816. The van der Waals surface area contributed by atoms with Gasteiger partial charge in [-0.2, -0.15) is 0 Å². The first-order valence-electron chi connectivity index (χ1n) is 1.95. The molecule has 0 saturated heterocycles. The number of halogens is 6. The molecule has 0 aromatic rings. The largest absolute Gasteiger partial charge is 0.226 e. The van der Waals surface area contributed by atoms with E-state index in [1.165, 1.54) is 0 Å². The minimum atomic E-state index is -0.986. The van der Waals surface area contributed by atoms with Gasteiger partial charge in [0.1, 0.15) is 0 Å². The Bertz CT molecular complexity index is 97.1. The van der Waals surface area contributed by atoms with E-state index in [9.17, 15) is 5.11 Å². The van der Waals surface area contributed by atoms with Gasteiger partial charge in [0.05, 0.1) is 0 Å². The van der Waals surface area contributed by atoms with Crippen molar-refractivity contribution in [2.75, 3.05) is 0 Å². The summed E-state index contributed by atoms with van der Waals surface area (Å²) < 4.78 is -1.63. The molecule has 0 aromatic heterocycles. The molecule has 0 saturated carbocycles. The second-order valence-corrected chi connectivity index (χ2v) is 15.4. The lowest BCUT2D eigenvalue weighted by molar-refractivity contribution is 0.113. The van der Waals surface area contributed by atoms with E-state index in [1.807, 2.05) is 0 Å². The lowest BCUT2D eigenvalue weighted by Gasteiger charge is -2.25. The van der Waals surface area contributed by atoms with Gasteiger partial charge in [-0.3, -0.25) is 0 Å². The number of rotatable bonds is 0. The Balaban J connectivity index is 4.23. The summed E-state index contributed by atoms with van der Waals surface area (Å²) in [6.45, 7) is 0. The van der Waals surface area contributed by atoms with Crippen LogP contribution in [-0.2, 0) is 5.11 Å². The molecule has 0 bridgehead atoms. The van der Waals surface area contributed by atoms with E-state index in [4.69, 9.17) is 0 Å². The Morgan fingerprint density at radius 3 is 1.00 bits per heavy atom. The highest BCUT2D eigenvalue weighted by Gasteiger charge is 2.44. The summed E-state index contributed by atoms with van der Waals surface area (Å²) in [5, 5.41) is 11.3. The molecule has 0 aliphatic heterocycles. The average molecular weight is 532 g/mol. The molecule has 1 radical (unpaired) electrons. The molecule has 0 fully saturated rings. The third-order valence-electron chi connectivity index (χ3n) is 0.595. The Kier molecular flexibility index (Phi) is 5.61. The van der Waals surface area contributed by atoms with Crippen molar-refractivity contribution in [3.63, 3.8) is 0 Å². The molecule has 1 nitrogen and oxygen atoms in total. The first-order valence-corrected chi connectivity index (χ1v) is 6.70. The fraction of sp³-hybridized carbons (Fsp3) is 1.00. The third kappa shape index (κ3) is 4.77. The zero-order valence-electron chi connectivity index (χ0n) is 4.25. The lowest BCUT2D eigenvalue weighted by atomic mass is 10.5. The van der Waals surface area contributed by atoms with E-state index >= 15 is 0 Å². The second-order valence-electron chi connectivity index (χ2n) is 1.46. The molecule has 10 heavy (non-hydrogen) atoms. The van der Waals surface area contributed by atoms with Crippen LogP contribution in [0.15, 0.2) is 0 Å². The molecule has 61 valence electrons. The van der Waals surface area contributed by atoms with Crippen LogP contribution in [0.25, 0.3) is 0 Å². The minimum Gasteiger partial charge on any atom is -0.226 e. The first kappa shape index (κ1) is 12.8. The Morgan fingerprint density at radius 2 is 1.00 bits per heavy atom. The van der Waals surface area contributed by atoms with Gasteiger partial charge in [0.2, 0.25) is 0 Å². The molecule has 0 aromatic carbocycles. The Morgan fingerprint density at radius 1 is 0.800 bits per heavy atom. The highest BCUT2D eigenvalue weighted by atomic mass is 80.0. The number of hydrogen-bond acceptors (Lipinski definition) is 0. The van der Waals surface area contributed by atoms with Gasteiger partial charge >= 0.3 is 0 Å². The molecule has 0 rings (SSSR count). The summed E-state index contributed by atoms with van der Waals surface area (Å²) in [6, 6.07) is 0. The smallest absolute Gasteiger partial charge is 0.167 e. The molecule has 7 heteroatoms. The van der Waals surface area contributed by atoms with Gasteiger partial charge in [0.25, 0.3) is 0 Å². The molecule has 0 unspecified atom stereocenters. The lowest BCUT2D eigenvalue weighted by Crippen LogP contribution is -2.34. The standard InChI is InChI=1S/C3HBr6O/c4-2(5,6)1(10)3(7,8)9/h1H. The van der Waals surface area contributed by atoms with E-state index < -0.39 is 10.4 Å². The predicted molar refractivity (Wildman–Crippen MR) is 63.5 cm³/mol. The van der Waals surface area contributed by atoms with Crippen LogP contribution in [0.5, 0.6) is 0 Å². The van der Waals surface area contributed by atoms with Crippen LogP contribution >= 0.6 is 95.6 Å². The summed E-state index contributed by atoms with van der Waals surface area (Å²) in [7, 11) is 0. The zero-order valence-corrected chi connectivity index (χ0v) is 13.8. The van der Waals surface area contributed by atoms with E-state index in [-0.39, 0.29) is 0 Å². The van der Waals surface area contributed by atoms with Crippen LogP contribution in [-0.4, -0.2) is 10.4 Å². The highest BCUT2D eigenvalue weighted by molar-refractivity contribution is 9.40. The molecule has 0 aliphatic rings. The second kappa shape index (κ2) is 4.37. The van der Waals surface area contributed by atoms with Crippen molar-refractivity contribution in [3.8, 4) is 0 Å². The predicted octanol–water partition coefficient (Wildman–Crippen LogP) is 4.46. The SMILES string of the molecule is [O]C(C(Br)(Br)Br)C(Br)(Br)Br. The topological polar surface area (TPSA) is 19.9 Å². The van der Waals surface area contributed by atoms with Crippen LogP contribution in [0.1, 0.15) is 0 Å². The van der Waals surface area contributed by atoms with Crippen molar-refractivity contribution in [3.05, 3.63) is 0 Å². The van der Waals surface area contributed by atoms with Crippen molar-refractivity contribution < 1.29 is 5.11 Å². The Labute approximate surface area is 109 Å². The van der Waals surface area contributed by atoms with Gasteiger partial charge in [-0.25, -0.2) is 5.11 Å². The summed E-state index contributed by atoms with van der Waals surface area (Å²) >= 11 is 18.7. The van der Waals surface area contributed by atoms with E-state index in [0.717, 1.165) is 0 Å². The van der Waals surface area contributed by atoms with E-state index in [2.05, 4.69) is 95.6 Å². The van der Waals surface area contributed by atoms with Gasteiger partial charge in [-0.15, -0.1) is 0 Å². The fourth-order valence-corrected chi connectivity index (χ4v) is 5.01. The summed E-state index contributed by atoms with van der Waals surface area (Å²) in [5.74, 6) is 0. The summed E-state index contributed by atoms with van der Waals surface area (Å²) in [4.78, 5) is 0. The maximum absolute atomic E-state index is 11.3. The van der Waals surface area contributed by atoms with Crippen LogP contribution in [0.3, 0.4) is 0 Å². The number of alkyl halides is 6. The molecule has 0 heterocycles. The fourth-order valence-electron chi connectivity index (χ4n) is 0.186. The summed E-state index contributed by atoms with van der Waals surface area (Å²) in [6.07, 6.45) is -0.986. The van der Waals surface area contributed by atoms with Crippen molar-refractivity contribution in [2.45, 2.75) is 10.4 Å². The maximum atomic E-state index is 11.3. The van der Waals surface area contributed by atoms with Gasteiger partial charge in [0, 0.05) is 0 Å². The van der Waals surface area contributed by atoms with Gasteiger partial charge in [-0.05, 0) is 0 Å². The van der Waals surface area contributed by atoms with E-state index in [0.29, 0.717) is 0 Å². The summed E-state index contributed by atoms with van der Waals surface area (Å²) in [5.41, 5.74) is 0. The highest BCUT2D eigenvalue weighted by Crippen LogP contribution is 2.49. The van der Waals surface area contributed by atoms with Crippen molar-refractivity contribution in [2.24, 2.45) is 0 Å². The third-order valence-corrected chi connectivity index (χ3v) is 3.09. The quantitative estimate of drug-likeness (QED) is 0.411. The van der Waals surface area contributed by atoms with Crippen LogP contribution in [0, 0.1) is 0 Å². The Hall–Kier alpha value is 2.84. The molecular formula is C3HBr6O. The van der Waals surface area contributed by atoms with Crippen molar-refractivity contribution >= 4 is 95.6 Å². The molecule has 0 amide bonds. The molecule has 0 N–H and O–H groups in total. The molecule has 0 spiro atoms. The molecule has 0 aliphatic carbocycles. The average Bonchev–Trinajstić information content (AvgIpc) is 1.59. The number of hydrogen-bond donors (Lipinski definition) is 0.